The number of nitrogens with zero attached hydrogens (tertiary/aromatic N) is 4. The Labute approximate surface area is 207 Å². The van der Waals surface area contributed by atoms with Crippen LogP contribution in [0.5, 0.6) is 5.75 Å². The fraction of sp³-hybridized carbons (Fsp3) is 0.111. The molecule has 0 aliphatic carbocycles. The smallest absolute Gasteiger partial charge is 0.350 e. The van der Waals surface area contributed by atoms with Gasteiger partial charge in [0.2, 0.25) is 0 Å². The van der Waals surface area contributed by atoms with E-state index in [0.717, 1.165) is 17.0 Å². The fourth-order valence-electron chi connectivity index (χ4n) is 3.82. The van der Waals surface area contributed by atoms with Crippen molar-refractivity contribution in [1.29, 1.82) is 0 Å². The Morgan fingerprint density at radius 1 is 0.972 bits per heavy atom. The van der Waals surface area contributed by atoms with Crippen molar-refractivity contribution < 1.29 is 9.53 Å². The van der Waals surface area contributed by atoms with E-state index in [2.05, 4.69) is 20.7 Å². The van der Waals surface area contributed by atoms with Crippen LogP contribution >= 0.6 is 0 Å². The largest absolute Gasteiger partial charge is 0.494 e. The lowest BCUT2D eigenvalue weighted by Gasteiger charge is -2.12. The average molecular weight is 481 g/mol. The molecule has 0 fully saturated rings. The molecule has 0 aliphatic rings. The third-order valence-electron chi connectivity index (χ3n) is 5.49. The monoisotopic (exact) mass is 480 g/mol. The number of carbonyl (C=O) groups is 1. The number of ether oxygens (including phenoxy) is 1. The second-order valence-electron chi connectivity index (χ2n) is 8.01. The van der Waals surface area contributed by atoms with Crippen molar-refractivity contribution in [2.75, 3.05) is 17.2 Å². The van der Waals surface area contributed by atoms with Crippen LogP contribution < -0.4 is 21.1 Å². The second kappa shape index (κ2) is 10.1. The van der Waals surface area contributed by atoms with Crippen molar-refractivity contribution in [3.63, 3.8) is 0 Å². The van der Waals surface area contributed by atoms with Gasteiger partial charge in [0.15, 0.2) is 5.65 Å². The minimum absolute atomic E-state index is 0.222. The Hall–Kier alpha value is -4.92. The molecule has 5 rings (SSSR count). The van der Waals surface area contributed by atoms with Gasteiger partial charge in [0.1, 0.15) is 11.6 Å². The molecule has 2 aromatic carbocycles. The van der Waals surface area contributed by atoms with Crippen molar-refractivity contribution >= 4 is 28.7 Å². The standard InChI is InChI=1S/C27H24N6O3/c1-2-36-22-13-11-20(12-14-22)29-25-23(9-6-15-28-25)26(34)30-21-8-5-7-19(17-21)18-33-27(35)32-16-4-3-10-24(32)31-33/h3-17H,2,18H2,1H3,(H,28,29)(H,30,34). The molecule has 0 spiro atoms. The van der Waals surface area contributed by atoms with Crippen LogP contribution in [0.25, 0.3) is 5.65 Å². The molecule has 3 heterocycles. The zero-order valence-electron chi connectivity index (χ0n) is 19.6. The van der Waals surface area contributed by atoms with Gasteiger partial charge in [0.05, 0.1) is 18.7 Å². The third-order valence-corrected chi connectivity index (χ3v) is 5.49. The van der Waals surface area contributed by atoms with E-state index in [1.54, 1.807) is 42.7 Å². The summed E-state index contributed by atoms with van der Waals surface area (Å²) in [5.41, 5.74) is 2.97. The molecular weight excluding hydrogens is 456 g/mol. The first-order valence-corrected chi connectivity index (χ1v) is 11.5. The molecule has 1 amide bonds. The number of amides is 1. The van der Waals surface area contributed by atoms with Gasteiger partial charge in [-0.05, 0) is 73.2 Å². The molecule has 9 nitrogen and oxygen atoms in total. The summed E-state index contributed by atoms with van der Waals surface area (Å²) in [4.78, 5) is 30.1. The van der Waals surface area contributed by atoms with Crippen LogP contribution in [-0.2, 0) is 6.54 Å². The minimum Gasteiger partial charge on any atom is -0.494 e. The number of aromatic nitrogens is 4. The lowest BCUT2D eigenvalue weighted by atomic mass is 10.1. The topological polar surface area (TPSA) is 103 Å². The average Bonchev–Trinajstić information content (AvgIpc) is 3.21. The van der Waals surface area contributed by atoms with E-state index in [1.807, 2.05) is 55.5 Å². The van der Waals surface area contributed by atoms with Crippen LogP contribution in [0, 0.1) is 0 Å². The first kappa shape index (κ1) is 22.9. The highest BCUT2D eigenvalue weighted by molar-refractivity contribution is 6.07. The zero-order chi connectivity index (χ0) is 24.9. The summed E-state index contributed by atoms with van der Waals surface area (Å²) >= 11 is 0. The van der Waals surface area contributed by atoms with Crippen molar-refractivity contribution in [2.45, 2.75) is 13.5 Å². The molecule has 2 N–H and O–H groups in total. The summed E-state index contributed by atoms with van der Waals surface area (Å²) in [5, 5.41) is 10.5. The summed E-state index contributed by atoms with van der Waals surface area (Å²) in [5.74, 6) is 0.901. The number of nitrogens with one attached hydrogen (secondary N) is 2. The molecule has 3 aromatic heterocycles. The second-order valence-corrected chi connectivity index (χ2v) is 8.01. The molecule has 0 bridgehead atoms. The minimum atomic E-state index is -0.307. The Morgan fingerprint density at radius 2 is 1.83 bits per heavy atom. The highest BCUT2D eigenvalue weighted by atomic mass is 16.5. The Morgan fingerprint density at radius 3 is 2.64 bits per heavy atom. The Balaban J connectivity index is 1.32. The molecule has 0 aliphatic heterocycles. The first-order valence-electron chi connectivity index (χ1n) is 11.5. The summed E-state index contributed by atoms with van der Waals surface area (Å²) in [6.07, 6.45) is 3.31. The number of pyridine rings is 2. The molecule has 0 radical (unpaired) electrons. The van der Waals surface area contributed by atoms with Gasteiger partial charge < -0.3 is 15.4 Å². The number of rotatable bonds is 8. The van der Waals surface area contributed by atoms with E-state index in [1.165, 1.54) is 9.08 Å². The molecular formula is C27H24N6O3. The van der Waals surface area contributed by atoms with Gasteiger partial charge in [-0.15, -0.1) is 5.10 Å². The van der Waals surface area contributed by atoms with E-state index >= 15 is 0 Å². The lowest BCUT2D eigenvalue weighted by molar-refractivity contribution is 0.102. The van der Waals surface area contributed by atoms with Crippen molar-refractivity contribution in [3.8, 4) is 5.75 Å². The molecule has 0 unspecified atom stereocenters. The fourth-order valence-corrected chi connectivity index (χ4v) is 3.82. The molecule has 5 aromatic rings. The van der Waals surface area contributed by atoms with E-state index in [0.29, 0.717) is 29.3 Å². The molecule has 0 atom stereocenters. The normalized spacial score (nSPS) is 10.8. The van der Waals surface area contributed by atoms with Crippen LogP contribution in [0.3, 0.4) is 0 Å². The van der Waals surface area contributed by atoms with Crippen LogP contribution in [0.1, 0.15) is 22.8 Å². The SMILES string of the molecule is CCOc1ccc(Nc2ncccc2C(=O)Nc2cccc(Cn3nc4ccccn4c3=O)c2)cc1. The molecule has 0 saturated heterocycles. The van der Waals surface area contributed by atoms with E-state index < -0.39 is 0 Å². The van der Waals surface area contributed by atoms with Crippen molar-refractivity contribution in [3.05, 3.63) is 113 Å². The Bertz CT molecular complexity index is 1570. The van der Waals surface area contributed by atoms with Gasteiger partial charge in [0.25, 0.3) is 5.91 Å². The van der Waals surface area contributed by atoms with Gasteiger partial charge in [-0.3, -0.25) is 9.20 Å². The van der Waals surface area contributed by atoms with Gasteiger partial charge in [-0.1, -0.05) is 18.2 Å². The van der Waals surface area contributed by atoms with Gasteiger partial charge >= 0.3 is 5.69 Å². The summed E-state index contributed by atoms with van der Waals surface area (Å²) in [6, 6.07) is 23.6. The van der Waals surface area contributed by atoms with Crippen LogP contribution in [0.2, 0.25) is 0 Å². The van der Waals surface area contributed by atoms with E-state index in [9.17, 15) is 9.59 Å². The molecule has 9 heteroatoms. The predicted molar refractivity (Wildman–Crippen MR) is 138 cm³/mol. The number of hydrogen-bond acceptors (Lipinski definition) is 6. The highest BCUT2D eigenvalue weighted by Crippen LogP contribution is 2.22. The third kappa shape index (κ3) is 4.95. The summed E-state index contributed by atoms with van der Waals surface area (Å²) in [7, 11) is 0. The maximum absolute atomic E-state index is 13.1. The summed E-state index contributed by atoms with van der Waals surface area (Å²) < 4.78 is 8.37. The maximum atomic E-state index is 13.1. The van der Waals surface area contributed by atoms with Gasteiger partial charge in [-0.25, -0.2) is 14.5 Å². The predicted octanol–water partition coefficient (Wildman–Crippen LogP) is 4.33. The van der Waals surface area contributed by atoms with Crippen molar-refractivity contribution in [1.82, 2.24) is 19.2 Å². The quantitative estimate of drug-likeness (QED) is 0.343. The van der Waals surface area contributed by atoms with Gasteiger partial charge in [0, 0.05) is 23.8 Å². The number of anilines is 3. The Kier molecular flexibility index (Phi) is 6.44. The van der Waals surface area contributed by atoms with E-state index in [-0.39, 0.29) is 18.1 Å². The number of hydrogen-bond donors (Lipinski definition) is 2. The molecule has 36 heavy (non-hydrogen) atoms. The summed E-state index contributed by atoms with van der Waals surface area (Å²) in [6.45, 7) is 2.80. The van der Waals surface area contributed by atoms with Crippen LogP contribution in [0.4, 0.5) is 17.2 Å². The number of carbonyl (C=O) groups excluding carboxylic acids is 1. The molecule has 180 valence electrons. The van der Waals surface area contributed by atoms with E-state index in [4.69, 9.17) is 4.74 Å². The maximum Gasteiger partial charge on any atom is 0.350 e. The van der Waals surface area contributed by atoms with Crippen LogP contribution in [-0.4, -0.2) is 31.7 Å². The van der Waals surface area contributed by atoms with Gasteiger partial charge in [-0.2, -0.15) is 0 Å². The lowest BCUT2D eigenvalue weighted by Crippen LogP contribution is -2.21. The molecule has 0 saturated carbocycles. The first-order chi connectivity index (χ1) is 17.6. The zero-order valence-corrected chi connectivity index (χ0v) is 19.6. The number of benzene rings is 2. The van der Waals surface area contributed by atoms with Crippen molar-refractivity contribution in [2.24, 2.45) is 0 Å². The number of fused-ring (bicyclic) bond motifs is 1. The highest BCUT2D eigenvalue weighted by Gasteiger charge is 2.14. The van der Waals surface area contributed by atoms with Crippen LogP contribution in [0.15, 0.2) is 96.1 Å².